The third-order valence-corrected chi connectivity index (χ3v) is 10.5. The molecule has 1 amide bonds. The number of hydrogen-bond acceptors (Lipinski definition) is 10. The van der Waals surface area contributed by atoms with Crippen LogP contribution in [0.1, 0.15) is 54.8 Å². The van der Waals surface area contributed by atoms with Gasteiger partial charge in [-0.1, -0.05) is 36.4 Å². The maximum Gasteiger partial charge on any atom is 0.335 e. The first-order chi connectivity index (χ1) is 26.8. The fraction of sp³-hybridized carbons (Fsp3) is 0.209. The Labute approximate surface area is 316 Å². The lowest BCUT2D eigenvalue weighted by Crippen LogP contribution is -2.37. The van der Waals surface area contributed by atoms with Crippen molar-refractivity contribution >= 4 is 47.1 Å². The molecule has 0 fully saturated rings. The second-order valence-corrected chi connectivity index (χ2v) is 13.8. The first-order valence-electron chi connectivity index (χ1n) is 17.9. The first kappa shape index (κ1) is 34.1. The number of carbonyl (C=O) groups excluding carboxylic acids is 1. The molecule has 5 aromatic carbocycles. The Bertz CT molecular complexity index is 2440. The highest BCUT2D eigenvalue weighted by atomic mass is 16.5. The van der Waals surface area contributed by atoms with E-state index >= 15 is 0 Å². The Morgan fingerprint density at radius 2 is 1.31 bits per heavy atom. The van der Waals surface area contributed by atoms with Crippen LogP contribution in [0.5, 0.6) is 23.0 Å². The molecular formula is C43H36N4O8. The van der Waals surface area contributed by atoms with Gasteiger partial charge in [-0.25, -0.2) is 4.79 Å². The van der Waals surface area contributed by atoms with E-state index in [2.05, 4.69) is 11.1 Å². The minimum absolute atomic E-state index is 0.00137. The maximum absolute atomic E-state index is 13.8. The van der Waals surface area contributed by atoms with Crippen molar-refractivity contribution in [2.75, 3.05) is 24.0 Å². The lowest BCUT2D eigenvalue weighted by atomic mass is 10.1. The van der Waals surface area contributed by atoms with Gasteiger partial charge in [0.25, 0.3) is 5.91 Å². The van der Waals surface area contributed by atoms with Crippen LogP contribution < -0.4 is 28.7 Å². The van der Waals surface area contributed by atoms with Crippen molar-refractivity contribution in [2.24, 2.45) is 9.98 Å². The smallest absolute Gasteiger partial charge is 0.335 e. The summed E-state index contributed by atoms with van der Waals surface area (Å²) in [4.78, 5) is 39.2. The quantitative estimate of drug-likeness (QED) is 0.164. The van der Waals surface area contributed by atoms with Crippen molar-refractivity contribution in [3.05, 3.63) is 130 Å². The summed E-state index contributed by atoms with van der Waals surface area (Å²) in [5.41, 5.74) is 7.29. The Kier molecular flexibility index (Phi) is 8.46. The van der Waals surface area contributed by atoms with Crippen molar-refractivity contribution in [2.45, 2.75) is 44.4 Å². The van der Waals surface area contributed by atoms with Crippen molar-refractivity contribution in [3.8, 4) is 23.0 Å². The monoisotopic (exact) mass is 736 g/mol. The number of rotatable bonds is 9. The molecule has 0 saturated heterocycles. The SMILES string of the molecule is COc1cc2c(cc1OCc1cc(COc3cc4c(cc3OC)C(O)N3c5ccccc5C[C@H]3C=N4)cc(C(=O)O)c1)N=C[C@@H]1Cc3ccccc3N1C2=O. The van der Waals surface area contributed by atoms with Gasteiger partial charge in [-0.05, 0) is 64.7 Å². The zero-order valence-corrected chi connectivity index (χ0v) is 30.0. The second-order valence-electron chi connectivity index (χ2n) is 13.8. The van der Waals surface area contributed by atoms with Crippen LogP contribution in [-0.2, 0) is 26.1 Å². The number of aliphatic hydroxyl groups excluding tert-OH is 1. The van der Waals surface area contributed by atoms with Gasteiger partial charge >= 0.3 is 5.97 Å². The number of methoxy groups -OCH3 is 2. The molecule has 0 saturated carbocycles. The first-order valence-corrected chi connectivity index (χ1v) is 17.9. The second kappa shape index (κ2) is 13.6. The Morgan fingerprint density at radius 1 is 0.727 bits per heavy atom. The number of fused-ring (bicyclic) bond motifs is 8. The van der Waals surface area contributed by atoms with E-state index in [1.807, 2.05) is 53.6 Å². The van der Waals surface area contributed by atoms with Crippen LogP contribution in [0.15, 0.2) is 101 Å². The Hall–Kier alpha value is -6.66. The predicted octanol–water partition coefficient (Wildman–Crippen LogP) is 6.99. The van der Waals surface area contributed by atoms with Gasteiger partial charge in [-0.3, -0.25) is 19.7 Å². The van der Waals surface area contributed by atoms with Crippen LogP contribution in [0, 0.1) is 0 Å². The molecule has 4 aliphatic heterocycles. The predicted molar refractivity (Wildman–Crippen MR) is 206 cm³/mol. The highest BCUT2D eigenvalue weighted by Crippen LogP contribution is 2.46. The Balaban J connectivity index is 0.949. The van der Waals surface area contributed by atoms with Crippen LogP contribution in [0.4, 0.5) is 22.7 Å². The third-order valence-electron chi connectivity index (χ3n) is 10.5. The number of benzene rings is 5. The highest BCUT2D eigenvalue weighted by Gasteiger charge is 2.38. The maximum atomic E-state index is 13.8. The van der Waals surface area contributed by atoms with E-state index in [1.54, 1.807) is 53.6 Å². The van der Waals surface area contributed by atoms with Crippen molar-refractivity contribution in [1.82, 2.24) is 0 Å². The molecule has 0 radical (unpaired) electrons. The van der Waals surface area contributed by atoms with Gasteiger partial charge in [0, 0.05) is 54.3 Å². The number of amides is 1. The molecule has 5 aromatic rings. The summed E-state index contributed by atoms with van der Waals surface area (Å²) in [6.07, 6.45) is 4.09. The molecular weight excluding hydrogens is 700 g/mol. The van der Waals surface area contributed by atoms with Gasteiger partial charge in [0.1, 0.15) is 13.2 Å². The number of carboxylic acids is 1. The number of nitrogens with zero attached hydrogens (tertiary/aromatic N) is 4. The molecule has 4 heterocycles. The number of carboxylic acid groups (broad SMARTS) is 1. The molecule has 2 N–H and O–H groups in total. The topological polar surface area (TPSA) is 143 Å². The molecule has 12 heteroatoms. The normalized spacial score (nSPS) is 18.6. The number of hydrogen-bond donors (Lipinski definition) is 2. The van der Waals surface area contributed by atoms with Crippen LogP contribution >= 0.6 is 0 Å². The average Bonchev–Trinajstić information content (AvgIpc) is 3.70. The molecule has 9 rings (SSSR count). The molecule has 4 aliphatic rings. The highest BCUT2D eigenvalue weighted by molar-refractivity contribution is 6.14. The molecule has 0 spiro atoms. The minimum Gasteiger partial charge on any atom is -0.493 e. The Morgan fingerprint density at radius 3 is 2.00 bits per heavy atom. The summed E-state index contributed by atoms with van der Waals surface area (Å²) in [6, 6.07) is 27.2. The standard InChI is InChI=1S/C43H36N4O8/c1-52-37-16-31-33(44-20-29-14-26-7-3-5-9-35(26)46(29)41(31)48)18-39(37)54-22-24-11-25(13-28(12-24)43(50)51)23-55-40-19-34-32(17-38(40)53-2)42(49)47-30(21-45-34)15-27-8-4-6-10-36(27)47/h3-13,16-21,29-30,41,48H,14-15,22-23H2,1-2H3,(H,50,51)/t29-,30-,41?/m0/s1. The van der Waals surface area contributed by atoms with Crippen LogP contribution in [0.2, 0.25) is 0 Å². The summed E-state index contributed by atoms with van der Waals surface area (Å²) in [7, 11) is 3.02. The average molecular weight is 737 g/mol. The molecule has 55 heavy (non-hydrogen) atoms. The van der Waals surface area contributed by atoms with Gasteiger partial charge in [0.15, 0.2) is 29.2 Å². The van der Waals surface area contributed by atoms with E-state index in [0.717, 1.165) is 28.9 Å². The van der Waals surface area contributed by atoms with Crippen molar-refractivity contribution < 1.29 is 38.7 Å². The van der Waals surface area contributed by atoms with Crippen molar-refractivity contribution in [3.63, 3.8) is 0 Å². The number of aliphatic hydroxyl groups is 1. The molecule has 0 bridgehead atoms. The molecule has 12 nitrogen and oxygen atoms in total. The fourth-order valence-electron chi connectivity index (χ4n) is 7.91. The number of aliphatic imine (C=N–C) groups is 2. The van der Waals surface area contributed by atoms with Crippen LogP contribution in [0.25, 0.3) is 0 Å². The van der Waals surface area contributed by atoms with E-state index < -0.39 is 12.2 Å². The zero-order valence-electron chi connectivity index (χ0n) is 30.0. The minimum atomic E-state index is -1.10. The van der Waals surface area contributed by atoms with E-state index in [9.17, 15) is 19.8 Å². The molecule has 1 unspecified atom stereocenters. The fourth-order valence-corrected chi connectivity index (χ4v) is 7.91. The van der Waals surface area contributed by atoms with E-state index in [-0.39, 0.29) is 36.8 Å². The molecule has 0 aromatic heterocycles. The lowest BCUT2D eigenvalue weighted by molar-refractivity contribution is 0.0696. The number of para-hydroxylation sites is 2. The molecule has 0 aliphatic carbocycles. The van der Waals surface area contributed by atoms with Crippen molar-refractivity contribution in [1.29, 1.82) is 0 Å². The third kappa shape index (κ3) is 6.00. The largest absolute Gasteiger partial charge is 0.493 e. The summed E-state index contributed by atoms with van der Waals surface area (Å²) >= 11 is 0. The van der Waals surface area contributed by atoms with Gasteiger partial charge < -0.3 is 34.1 Å². The summed E-state index contributed by atoms with van der Waals surface area (Å²) in [5, 5.41) is 21.5. The van der Waals surface area contributed by atoms with Gasteiger partial charge in [0.05, 0.1) is 48.8 Å². The number of anilines is 2. The van der Waals surface area contributed by atoms with Gasteiger partial charge in [-0.15, -0.1) is 0 Å². The number of carbonyl (C=O) groups is 2. The van der Waals surface area contributed by atoms with Gasteiger partial charge in [-0.2, -0.15) is 0 Å². The summed E-state index contributed by atoms with van der Waals surface area (Å²) in [5.74, 6) is 0.214. The van der Waals surface area contributed by atoms with E-state index in [4.69, 9.17) is 23.9 Å². The number of ether oxygens (including phenoxy) is 4. The zero-order chi connectivity index (χ0) is 37.8. The van der Waals surface area contributed by atoms with E-state index in [1.165, 1.54) is 14.2 Å². The molecule has 3 atom stereocenters. The summed E-state index contributed by atoms with van der Waals surface area (Å²) in [6.45, 7) is 0.00999. The number of aromatic carboxylic acids is 1. The van der Waals surface area contributed by atoms with Gasteiger partial charge in [0.2, 0.25) is 0 Å². The van der Waals surface area contributed by atoms with E-state index in [0.29, 0.717) is 63.0 Å². The molecule has 276 valence electrons. The lowest BCUT2D eigenvalue weighted by Gasteiger charge is -2.29. The van der Waals surface area contributed by atoms with Crippen LogP contribution in [0.3, 0.4) is 0 Å². The van der Waals surface area contributed by atoms with Crippen LogP contribution in [-0.4, -0.2) is 60.8 Å². The summed E-state index contributed by atoms with van der Waals surface area (Å²) < 4.78 is 23.8.